The predicted molar refractivity (Wildman–Crippen MR) is 105 cm³/mol. The number of nitrogens with zero attached hydrogens (tertiary/aromatic N) is 3. The van der Waals surface area contributed by atoms with Gasteiger partial charge in [-0.3, -0.25) is 4.55 Å². The van der Waals surface area contributed by atoms with Crippen LogP contribution in [-0.4, -0.2) is 53.9 Å². The topological polar surface area (TPSA) is 178 Å². The molecular weight excluding hydrogens is 422 g/mol. The molecular formula is C13H20ClN5O6S2. The van der Waals surface area contributed by atoms with Gasteiger partial charge >= 0.3 is 0 Å². The van der Waals surface area contributed by atoms with Crippen molar-refractivity contribution in [1.82, 2.24) is 15.0 Å². The first-order valence-corrected chi connectivity index (χ1v) is 10.4. The molecule has 0 amide bonds. The fourth-order valence-electron chi connectivity index (χ4n) is 1.94. The van der Waals surface area contributed by atoms with Gasteiger partial charge in [-0.2, -0.15) is 23.4 Å². The Morgan fingerprint density at radius 2 is 1.70 bits per heavy atom. The molecule has 0 aliphatic heterocycles. The van der Waals surface area contributed by atoms with Gasteiger partial charge in [0.15, 0.2) is 0 Å². The lowest BCUT2D eigenvalue weighted by Crippen LogP contribution is -2.16. The van der Waals surface area contributed by atoms with Crippen LogP contribution in [-0.2, 0) is 10.1 Å². The first-order chi connectivity index (χ1) is 11.9. The van der Waals surface area contributed by atoms with Gasteiger partial charge in [-0.1, -0.05) is 7.43 Å². The van der Waals surface area contributed by atoms with Gasteiger partial charge in [-0.15, -0.1) is 0 Å². The number of nitrogens with one attached hydrogen (secondary N) is 2. The molecule has 0 spiro atoms. The summed E-state index contributed by atoms with van der Waals surface area (Å²) in [5, 5.41) is 5.25. The average Bonchev–Trinajstić information content (AvgIpc) is 2.43. The maximum absolute atomic E-state index is 10.7. The highest BCUT2D eigenvalue weighted by Gasteiger charge is 2.18. The van der Waals surface area contributed by atoms with E-state index in [1.54, 1.807) is 6.92 Å². The van der Waals surface area contributed by atoms with Crippen LogP contribution in [0, 0.1) is 6.92 Å². The van der Waals surface area contributed by atoms with Crippen molar-refractivity contribution in [2.24, 2.45) is 0 Å². The van der Waals surface area contributed by atoms with Gasteiger partial charge in [0, 0.05) is 12.2 Å². The van der Waals surface area contributed by atoms with Crippen molar-refractivity contribution in [3.8, 4) is 0 Å². The van der Waals surface area contributed by atoms with Crippen molar-refractivity contribution in [3.63, 3.8) is 0 Å². The molecule has 0 aliphatic carbocycles. The molecule has 0 saturated carbocycles. The number of anilines is 3. The Morgan fingerprint density at radius 1 is 1.07 bits per heavy atom. The van der Waals surface area contributed by atoms with E-state index in [4.69, 9.17) is 16.2 Å². The quantitative estimate of drug-likeness (QED) is 0.347. The maximum atomic E-state index is 10.7. The zero-order valence-corrected chi connectivity index (χ0v) is 15.7. The van der Waals surface area contributed by atoms with E-state index in [9.17, 15) is 22.1 Å². The molecule has 0 unspecified atom stereocenters. The molecule has 0 saturated heterocycles. The Hall–Kier alpha value is -1.74. The minimum absolute atomic E-state index is 0. The van der Waals surface area contributed by atoms with Crippen LogP contribution in [0.4, 0.5) is 17.6 Å². The van der Waals surface area contributed by atoms with Crippen LogP contribution in [0.1, 0.15) is 13.0 Å². The number of halogens is 1. The molecule has 2 aromatic rings. The Bertz CT molecular complexity index is 907. The second-order valence-corrected chi connectivity index (χ2v) is 8.48. The van der Waals surface area contributed by atoms with Crippen molar-refractivity contribution >= 4 is 50.2 Å². The molecule has 0 atom stereocenters. The van der Waals surface area contributed by atoms with Crippen LogP contribution in [0.3, 0.4) is 0 Å². The summed E-state index contributed by atoms with van der Waals surface area (Å²) < 4.78 is 58.0. The van der Waals surface area contributed by atoms with E-state index in [-0.39, 0.29) is 36.0 Å². The maximum Gasteiger partial charge on any atom is 0.266 e. The van der Waals surface area contributed by atoms with Crippen molar-refractivity contribution in [1.29, 1.82) is 0 Å². The van der Waals surface area contributed by atoms with E-state index in [1.807, 2.05) is 0 Å². The highest BCUT2D eigenvalue weighted by atomic mass is 35.5. The third kappa shape index (κ3) is 7.42. The van der Waals surface area contributed by atoms with Crippen molar-refractivity contribution in [3.05, 3.63) is 29.0 Å². The third-order valence-electron chi connectivity index (χ3n) is 2.98. The van der Waals surface area contributed by atoms with Crippen molar-refractivity contribution in [2.45, 2.75) is 19.2 Å². The second-order valence-electron chi connectivity index (χ2n) is 5.09. The Kier molecular flexibility index (Phi) is 7.74. The number of rotatable bonds is 7. The lowest BCUT2D eigenvalue weighted by atomic mass is 10.2. The monoisotopic (exact) mass is 441 g/mol. The molecule has 0 fully saturated rings. The van der Waals surface area contributed by atoms with E-state index in [0.29, 0.717) is 11.3 Å². The molecule has 14 heteroatoms. The standard InChI is InChI=1S/C12H16ClN5O6S2.CH4/c1-7-6-8(2-3-9(7)26(22,23)24)15-12-17-10(13)16-11(18-12)14-4-5-25(19,20)21;/h2-3,6,22-24H,4-5H2,1H3,(H,19,20,21)(H2,14,15,16,17,18);1H4. The zero-order valence-electron chi connectivity index (χ0n) is 13.3. The molecule has 1 aromatic heterocycles. The molecule has 2 rings (SSSR count). The third-order valence-corrected chi connectivity index (χ3v) is 4.91. The first-order valence-electron chi connectivity index (χ1n) is 6.93. The van der Waals surface area contributed by atoms with Crippen molar-refractivity contribution < 1.29 is 26.6 Å². The molecule has 152 valence electrons. The molecule has 11 nitrogen and oxygen atoms in total. The fourth-order valence-corrected chi connectivity index (χ4v) is 3.20. The first kappa shape index (κ1) is 23.3. The van der Waals surface area contributed by atoms with Gasteiger partial charge in [0.1, 0.15) is 10.9 Å². The van der Waals surface area contributed by atoms with Gasteiger partial charge in [0.25, 0.3) is 10.1 Å². The summed E-state index contributed by atoms with van der Waals surface area (Å²) in [5.41, 5.74) is 0.894. The summed E-state index contributed by atoms with van der Waals surface area (Å²) in [6, 6.07) is 4.33. The SMILES string of the molecule is C.Cc1cc(Nc2nc(Cl)nc(NCCS(=O)(=O)O)n2)ccc1S(O)(O)O. The number of benzene rings is 1. The van der Waals surface area contributed by atoms with Crippen LogP contribution < -0.4 is 10.6 Å². The molecule has 6 N–H and O–H groups in total. The minimum atomic E-state index is -4.13. The summed E-state index contributed by atoms with van der Waals surface area (Å²) in [4.78, 5) is 11.6. The smallest absolute Gasteiger partial charge is 0.266 e. The van der Waals surface area contributed by atoms with E-state index in [1.165, 1.54) is 18.2 Å². The lowest BCUT2D eigenvalue weighted by Gasteiger charge is -2.21. The van der Waals surface area contributed by atoms with Gasteiger partial charge in [0.2, 0.25) is 17.2 Å². The largest absolute Gasteiger partial charge is 0.353 e. The van der Waals surface area contributed by atoms with Crippen LogP contribution in [0.15, 0.2) is 23.1 Å². The second kappa shape index (κ2) is 8.97. The Labute approximate surface area is 163 Å². The van der Waals surface area contributed by atoms with Crippen molar-refractivity contribution in [2.75, 3.05) is 22.9 Å². The Morgan fingerprint density at radius 3 is 2.26 bits per heavy atom. The molecule has 0 aliphatic rings. The van der Waals surface area contributed by atoms with Gasteiger partial charge in [0.05, 0.1) is 10.6 Å². The number of aromatic nitrogens is 3. The van der Waals surface area contributed by atoms with E-state index < -0.39 is 26.7 Å². The van der Waals surface area contributed by atoms with E-state index in [2.05, 4.69) is 25.6 Å². The number of aryl methyl sites for hydroxylation is 1. The van der Waals surface area contributed by atoms with E-state index >= 15 is 0 Å². The van der Waals surface area contributed by atoms with Gasteiger partial charge in [-0.25, -0.2) is 0 Å². The summed E-state index contributed by atoms with van der Waals surface area (Å²) in [7, 11) is -7.95. The molecule has 1 aromatic carbocycles. The van der Waals surface area contributed by atoms with Crippen LogP contribution in [0.25, 0.3) is 0 Å². The van der Waals surface area contributed by atoms with Crippen LogP contribution >= 0.6 is 22.5 Å². The lowest BCUT2D eigenvalue weighted by molar-refractivity contribution is 0.375. The highest BCUT2D eigenvalue weighted by molar-refractivity contribution is 8.19. The normalized spacial score (nSPS) is 12.2. The molecule has 0 radical (unpaired) electrons. The predicted octanol–water partition coefficient (Wildman–Crippen LogP) is 3.10. The summed E-state index contributed by atoms with van der Waals surface area (Å²) >= 11 is 5.80. The van der Waals surface area contributed by atoms with E-state index in [0.717, 1.165) is 0 Å². The van der Waals surface area contributed by atoms with Crippen LogP contribution in [0.5, 0.6) is 0 Å². The number of hydrogen-bond donors (Lipinski definition) is 6. The van der Waals surface area contributed by atoms with Crippen LogP contribution in [0.2, 0.25) is 5.28 Å². The number of hydrogen-bond acceptors (Lipinski definition) is 10. The van der Waals surface area contributed by atoms with Gasteiger partial charge in [-0.05, 0) is 42.3 Å². The summed E-state index contributed by atoms with van der Waals surface area (Å²) in [6.45, 7) is 1.44. The molecule has 0 bridgehead atoms. The summed E-state index contributed by atoms with van der Waals surface area (Å²) in [5.74, 6) is -0.496. The molecule has 1 heterocycles. The summed E-state index contributed by atoms with van der Waals surface area (Å²) in [6.07, 6.45) is 0. The van der Waals surface area contributed by atoms with Gasteiger partial charge < -0.3 is 24.3 Å². The molecule has 27 heavy (non-hydrogen) atoms. The fraction of sp³-hybridized carbons (Fsp3) is 0.308. The zero-order chi connectivity index (χ0) is 19.5. The minimum Gasteiger partial charge on any atom is -0.353 e. The average molecular weight is 442 g/mol. The highest BCUT2D eigenvalue weighted by Crippen LogP contribution is 2.45. The Balaban J connectivity index is 0.00000364.